The Hall–Kier alpha value is -1.69. The van der Waals surface area contributed by atoms with E-state index in [0.29, 0.717) is 6.54 Å². The van der Waals surface area contributed by atoms with Crippen LogP contribution in [0.5, 0.6) is 0 Å². The molecule has 0 atom stereocenters. The molecule has 3 heterocycles. The van der Waals surface area contributed by atoms with Crippen molar-refractivity contribution in [1.29, 1.82) is 0 Å². The van der Waals surface area contributed by atoms with Gasteiger partial charge in [-0.2, -0.15) is 0 Å². The highest BCUT2D eigenvalue weighted by molar-refractivity contribution is 7.19. The van der Waals surface area contributed by atoms with Crippen LogP contribution < -0.4 is 10.9 Å². The third-order valence-corrected chi connectivity index (χ3v) is 5.93. The maximum atomic E-state index is 12.8. The molecule has 0 radical (unpaired) electrons. The highest BCUT2D eigenvalue weighted by Gasteiger charge is 2.16. The lowest BCUT2D eigenvalue weighted by atomic mass is 10.1. The third-order valence-electron chi connectivity index (χ3n) is 4.23. The highest BCUT2D eigenvalue weighted by atomic mass is 35.5. The van der Waals surface area contributed by atoms with Crippen LogP contribution in [0.1, 0.15) is 16.1 Å². The van der Waals surface area contributed by atoms with E-state index in [-0.39, 0.29) is 5.56 Å². The predicted octanol–water partition coefficient (Wildman–Crippen LogP) is 2.85. The Morgan fingerprint density at radius 3 is 2.96 bits per heavy atom. The number of benzene rings is 1. The van der Waals surface area contributed by atoms with E-state index in [0.717, 1.165) is 57.2 Å². The molecule has 0 spiro atoms. The van der Waals surface area contributed by atoms with E-state index in [1.807, 2.05) is 18.2 Å². The van der Waals surface area contributed by atoms with Crippen molar-refractivity contribution in [2.45, 2.75) is 19.4 Å². The first-order valence-electron chi connectivity index (χ1n) is 7.68. The van der Waals surface area contributed by atoms with E-state index in [9.17, 15) is 4.79 Å². The number of nitrogens with one attached hydrogen (secondary N) is 1. The standard InChI is InChI=1S/C17H16ClN3OS/c18-16-12-3-1-2-4-14(12)23-15(16)9-21-10-20-13-6-8-19-7-5-11(13)17(21)22/h1-4,10,19H,5-9H2. The largest absolute Gasteiger partial charge is 0.316 e. The van der Waals surface area contributed by atoms with Crippen molar-refractivity contribution >= 4 is 33.0 Å². The second kappa shape index (κ2) is 6.07. The lowest BCUT2D eigenvalue weighted by molar-refractivity contribution is 0.706. The molecule has 0 bridgehead atoms. The van der Waals surface area contributed by atoms with E-state index < -0.39 is 0 Å². The number of aromatic nitrogens is 2. The van der Waals surface area contributed by atoms with Gasteiger partial charge in [0, 0.05) is 33.5 Å². The van der Waals surface area contributed by atoms with Crippen molar-refractivity contribution < 1.29 is 0 Å². The maximum absolute atomic E-state index is 12.8. The maximum Gasteiger partial charge on any atom is 0.257 e. The van der Waals surface area contributed by atoms with E-state index in [2.05, 4.69) is 16.4 Å². The zero-order valence-corrected chi connectivity index (χ0v) is 14.1. The monoisotopic (exact) mass is 345 g/mol. The van der Waals surface area contributed by atoms with E-state index in [1.165, 1.54) is 0 Å². The molecule has 2 aromatic heterocycles. The van der Waals surface area contributed by atoms with Crippen molar-refractivity contribution in [2.24, 2.45) is 0 Å². The molecule has 1 aliphatic heterocycles. The summed E-state index contributed by atoms with van der Waals surface area (Å²) >= 11 is 8.13. The molecule has 4 nitrogen and oxygen atoms in total. The number of hydrogen-bond donors (Lipinski definition) is 1. The first-order valence-corrected chi connectivity index (χ1v) is 8.87. The number of hydrogen-bond acceptors (Lipinski definition) is 4. The van der Waals surface area contributed by atoms with Gasteiger partial charge in [-0.3, -0.25) is 9.36 Å². The van der Waals surface area contributed by atoms with Crippen LogP contribution in [0.2, 0.25) is 5.02 Å². The lowest BCUT2D eigenvalue weighted by Gasteiger charge is -2.09. The van der Waals surface area contributed by atoms with Crippen LogP contribution in [0.15, 0.2) is 35.4 Å². The minimum Gasteiger partial charge on any atom is -0.316 e. The quantitative estimate of drug-likeness (QED) is 0.777. The Morgan fingerprint density at radius 2 is 2.09 bits per heavy atom. The van der Waals surface area contributed by atoms with Gasteiger partial charge in [0.1, 0.15) is 0 Å². The molecule has 118 valence electrons. The number of rotatable bonds is 2. The molecule has 4 rings (SSSR count). The van der Waals surface area contributed by atoms with Crippen LogP contribution in [-0.2, 0) is 19.4 Å². The second-order valence-electron chi connectivity index (χ2n) is 5.69. The Morgan fingerprint density at radius 1 is 1.26 bits per heavy atom. The summed E-state index contributed by atoms with van der Waals surface area (Å²) in [5.74, 6) is 0. The summed E-state index contributed by atoms with van der Waals surface area (Å²) in [6, 6.07) is 8.05. The van der Waals surface area contributed by atoms with Crippen LogP contribution >= 0.6 is 22.9 Å². The minimum absolute atomic E-state index is 0.0622. The van der Waals surface area contributed by atoms with Gasteiger partial charge in [0.25, 0.3) is 5.56 Å². The molecule has 0 saturated carbocycles. The van der Waals surface area contributed by atoms with Crippen molar-refractivity contribution in [1.82, 2.24) is 14.9 Å². The average Bonchev–Trinajstić information content (AvgIpc) is 2.75. The smallest absolute Gasteiger partial charge is 0.257 e. The molecular weight excluding hydrogens is 330 g/mol. The van der Waals surface area contributed by atoms with Crippen LogP contribution in [0.25, 0.3) is 10.1 Å². The summed E-state index contributed by atoms with van der Waals surface area (Å²) in [7, 11) is 0. The van der Waals surface area contributed by atoms with Gasteiger partial charge < -0.3 is 5.32 Å². The van der Waals surface area contributed by atoms with Crippen molar-refractivity contribution in [3.05, 3.63) is 62.1 Å². The Labute approximate surface area is 142 Å². The van der Waals surface area contributed by atoms with Crippen LogP contribution in [-0.4, -0.2) is 22.6 Å². The second-order valence-corrected chi connectivity index (χ2v) is 7.20. The molecule has 1 aromatic carbocycles. The van der Waals surface area contributed by atoms with Gasteiger partial charge in [-0.25, -0.2) is 4.98 Å². The van der Waals surface area contributed by atoms with Crippen LogP contribution in [0.4, 0.5) is 0 Å². The van der Waals surface area contributed by atoms with E-state index in [1.54, 1.807) is 22.2 Å². The van der Waals surface area contributed by atoms with Crippen molar-refractivity contribution in [3.63, 3.8) is 0 Å². The normalized spacial score (nSPS) is 14.7. The van der Waals surface area contributed by atoms with Gasteiger partial charge in [-0.1, -0.05) is 29.8 Å². The van der Waals surface area contributed by atoms with Gasteiger partial charge >= 0.3 is 0 Å². The van der Waals surface area contributed by atoms with Crippen molar-refractivity contribution in [3.8, 4) is 0 Å². The number of thiophene rings is 1. The van der Waals surface area contributed by atoms with E-state index in [4.69, 9.17) is 11.6 Å². The summed E-state index contributed by atoms with van der Waals surface area (Å²) in [6.07, 6.45) is 3.21. The minimum atomic E-state index is 0.0622. The number of halogens is 1. The first-order chi connectivity index (χ1) is 11.2. The third kappa shape index (κ3) is 2.69. The van der Waals surface area contributed by atoms with Gasteiger partial charge in [-0.05, 0) is 19.0 Å². The summed E-state index contributed by atoms with van der Waals surface area (Å²) in [6.45, 7) is 2.19. The molecule has 23 heavy (non-hydrogen) atoms. The zero-order chi connectivity index (χ0) is 15.8. The molecule has 3 aromatic rings. The molecule has 0 unspecified atom stereocenters. The summed E-state index contributed by atoms with van der Waals surface area (Å²) in [5, 5.41) is 5.10. The number of fused-ring (bicyclic) bond motifs is 2. The van der Waals surface area contributed by atoms with Crippen LogP contribution in [0, 0.1) is 0 Å². The average molecular weight is 346 g/mol. The molecule has 1 N–H and O–H groups in total. The number of nitrogens with zero attached hydrogens (tertiary/aromatic N) is 2. The molecular formula is C17H16ClN3OS. The fourth-order valence-corrected chi connectivity index (χ4v) is 4.50. The topological polar surface area (TPSA) is 46.9 Å². The molecule has 0 aliphatic carbocycles. The van der Waals surface area contributed by atoms with Gasteiger partial charge in [0.05, 0.1) is 23.6 Å². The summed E-state index contributed by atoms with van der Waals surface area (Å²) < 4.78 is 2.83. The Bertz CT molecular complexity index is 931. The van der Waals surface area contributed by atoms with E-state index >= 15 is 0 Å². The van der Waals surface area contributed by atoms with Gasteiger partial charge in [0.2, 0.25) is 0 Å². The van der Waals surface area contributed by atoms with Crippen LogP contribution in [0.3, 0.4) is 0 Å². The SMILES string of the molecule is O=c1c2c(ncn1Cc1sc3ccccc3c1Cl)CCNCC2. The van der Waals surface area contributed by atoms with Gasteiger partial charge in [-0.15, -0.1) is 11.3 Å². The molecule has 0 saturated heterocycles. The molecule has 1 aliphatic rings. The lowest BCUT2D eigenvalue weighted by Crippen LogP contribution is -2.27. The molecule has 0 fully saturated rings. The fraction of sp³-hybridized carbons (Fsp3) is 0.294. The Kier molecular flexibility index (Phi) is 3.93. The molecule has 0 amide bonds. The fourth-order valence-electron chi connectivity index (χ4n) is 3.01. The molecule has 6 heteroatoms. The zero-order valence-electron chi connectivity index (χ0n) is 12.5. The summed E-state index contributed by atoms with van der Waals surface area (Å²) in [4.78, 5) is 18.3. The Balaban J connectivity index is 1.75. The van der Waals surface area contributed by atoms with Gasteiger partial charge in [0.15, 0.2) is 0 Å². The summed E-state index contributed by atoms with van der Waals surface area (Å²) in [5.41, 5.74) is 1.83. The first kappa shape index (κ1) is 14.9. The highest BCUT2D eigenvalue weighted by Crippen LogP contribution is 2.35. The van der Waals surface area contributed by atoms with Crippen molar-refractivity contribution in [2.75, 3.05) is 13.1 Å². The predicted molar refractivity (Wildman–Crippen MR) is 94.7 cm³/mol.